The Labute approximate surface area is 138 Å². The summed E-state index contributed by atoms with van der Waals surface area (Å²) in [5.74, 6) is -0.129. The third kappa shape index (κ3) is 3.65. The van der Waals surface area contributed by atoms with Crippen LogP contribution in [-0.4, -0.2) is 54.7 Å². The SMILES string of the molecule is CN(CCc1ccc2c(c1)OCO2)CC(=O)ON1C(=O)CCC1=O. The minimum absolute atomic E-state index is 0.0123. The van der Waals surface area contributed by atoms with E-state index in [1.165, 1.54) is 0 Å². The number of hydroxylamine groups is 2. The van der Waals surface area contributed by atoms with Gasteiger partial charge in [-0.2, -0.15) is 0 Å². The van der Waals surface area contributed by atoms with Gasteiger partial charge in [0.2, 0.25) is 6.79 Å². The normalized spacial score (nSPS) is 16.2. The molecule has 0 unspecified atom stereocenters. The molecule has 0 saturated carbocycles. The first-order valence-corrected chi connectivity index (χ1v) is 7.66. The molecule has 1 aromatic rings. The number of imide groups is 1. The average molecular weight is 334 g/mol. The van der Waals surface area contributed by atoms with Crippen LogP contribution in [0.4, 0.5) is 0 Å². The van der Waals surface area contributed by atoms with Crippen LogP contribution in [0.1, 0.15) is 18.4 Å². The lowest BCUT2D eigenvalue weighted by atomic mass is 10.1. The quantitative estimate of drug-likeness (QED) is 0.700. The van der Waals surface area contributed by atoms with Gasteiger partial charge in [0.1, 0.15) is 0 Å². The van der Waals surface area contributed by atoms with Crippen molar-refractivity contribution >= 4 is 17.8 Å². The fourth-order valence-electron chi connectivity index (χ4n) is 2.50. The number of likely N-dealkylation sites (N-methyl/N-ethyl adjacent to an activating group) is 1. The molecular formula is C16H18N2O6. The molecule has 2 heterocycles. The summed E-state index contributed by atoms with van der Waals surface area (Å²) >= 11 is 0. The Morgan fingerprint density at radius 2 is 1.92 bits per heavy atom. The van der Waals surface area contributed by atoms with Crippen molar-refractivity contribution in [3.05, 3.63) is 23.8 Å². The second-order valence-corrected chi connectivity index (χ2v) is 5.72. The van der Waals surface area contributed by atoms with E-state index in [9.17, 15) is 14.4 Å². The zero-order valence-corrected chi connectivity index (χ0v) is 13.3. The maximum absolute atomic E-state index is 11.8. The van der Waals surface area contributed by atoms with Crippen LogP contribution in [0.5, 0.6) is 11.5 Å². The molecule has 0 atom stereocenters. The number of benzene rings is 1. The molecule has 0 spiro atoms. The van der Waals surface area contributed by atoms with Gasteiger partial charge in [0, 0.05) is 19.4 Å². The highest BCUT2D eigenvalue weighted by Crippen LogP contribution is 2.32. The number of rotatable bonds is 6. The van der Waals surface area contributed by atoms with Crippen molar-refractivity contribution in [2.75, 3.05) is 26.9 Å². The van der Waals surface area contributed by atoms with E-state index in [0.29, 0.717) is 18.0 Å². The molecule has 1 aromatic carbocycles. The first kappa shape index (κ1) is 16.3. The predicted molar refractivity (Wildman–Crippen MR) is 80.9 cm³/mol. The third-order valence-electron chi connectivity index (χ3n) is 3.82. The minimum atomic E-state index is -0.633. The number of amides is 2. The van der Waals surface area contributed by atoms with E-state index in [0.717, 1.165) is 17.1 Å². The van der Waals surface area contributed by atoms with E-state index < -0.39 is 17.8 Å². The van der Waals surface area contributed by atoms with E-state index in [-0.39, 0.29) is 26.2 Å². The van der Waals surface area contributed by atoms with Gasteiger partial charge < -0.3 is 14.3 Å². The molecule has 2 amide bonds. The molecule has 2 aliphatic heterocycles. The first-order chi connectivity index (χ1) is 11.5. The van der Waals surface area contributed by atoms with Crippen molar-refractivity contribution in [1.29, 1.82) is 0 Å². The average Bonchev–Trinajstić information content (AvgIpc) is 3.14. The summed E-state index contributed by atoms with van der Waals surface area (Å²) < 4.78 is 10.6. The Kier molecular flexibility index (Phi) is 4.66. The monoisotopic (exact) mass is 334 g/mol. The maximum Gasteiger partial charge on any atom is 0.347 e. The van der Waals surface area contributed by atoms with Crippen molar-refractivity contribution in [2.45, 2.75) is 19.3 Å². The van der Waals surface area contributed by atoms with Crippen LogP contribution in [0.25, 0.3) is 0 Å². The number of nitrogens with zero attached hydrogens (tertiary/aromatic N) is 2. The Bertz CT molecular complexity index is 659. The topological polar surface area (TPSA) is 85.4 Å². The molecule has 128 valence electrons. The van der Waals surface area contributed by atoms with Gasteiger partial charge in [-0.1, -0.05) is 6.07 Å². The maximum atomic E-state index is 11.8. The molecule has 0 aromatic heterocycles. The van der Waals surface area contributed by atoms with E-state index in [2.05, 4.69) is 0 Å². The van der Waals surface area contributed by atoms with Gasteiger partial charge in [0.05, 0.1) is 6.54 Å². The smallest absolute Gasteiger partial charge is 0.347 e. The second kappa shape index (κ2) is 6.88. The highest BCUT2D eigenvalue weighted by Gasteiger charge is 2.32. The third-order valence-corrected chi connectivity index (χ3v) is 3.82. The summed E-state index contributed by atoms with van der Waals surface area (Å²) in [6.07, 6.45) is 0.889. The fraction of sp³-hybridized carbons (Fsp3) is 0.438. The molecule has 0 radical (unpaired) electrons. The lowest BCUT2D eigenvalue weighted by Crippen LogP contribution is -2.37. The van der Waals surface area contributed by atoms with Gasteiger partial charge in [-0.05, 0) is 31.2 Å². The summed E-state index contributed by atoms with van der Waals surface area (Å²) in [4.78, 5) is 41.2. The Hall–Kier alpha value is -2.61. The minimum Gasteiger partial charge on any atom is -0.454 e. The number of carbonyl (C=O) groups excluding carboxylic acids is 3. The van der Waals surface area contributed by atoms with Gasteiger partial charge in [-0.15, -0.1) is 5.06 Å². The van der Waals surface area contributed by atoms with Crippen LogP contribution in [0.2, 0.25) is 0 Å². The number of carbonyl (C=O) groups is 3. The highest BCUT2D eigenvalue weighted by molar-refractivity contribution is 6.01. The van der Waals surface area contributed by atoms with Gasteiger partial charge in [0.25, 0.3) is 11.8 Å². The lowest BCUT2D eigenvalue weighted by molar-refractivity contribution is -0.197. The molecule has 1 saturated heterocycles. The number of ether oxygens (including phenoxy) is 2. The van der Waals surface area contributed by atoms with Crippen LogP contribution in [0.15, 0.2) is 18.2 Å². The Morgan fingerprint density at radius 1 is 1.21 bits per heavy atom. The molecule has 0 aliphatic carbocycles. The summed E-state index contributed by atoms with van der Waals surface area (Å²) in [7, 11) is 1.77. The molecular weight excluding hydrogens is 316 g/mol. The molecule has 0 bridgehead atoms. The van der Waals surface area contributed by atoms with Crippen LogP contribution in [0, 0.1) is 0 Å². The van der Waals surface area contributed by atoms with Crippen LogP contribution >= 0.6 is 0 Å². The molecule has 0 N–H and O–H groups in total. The van der Waals surface area contributed by atoms with Gasteiger partial charge >= 0.3 is 5.97 Å². The van der Waals surface area contributed by atoms with Crippen molar-refractivity contribution < 1.29 is 28.7 Å². The first-order valence-electron chi connectivity index (χ1n) is 7.66. The summed E-state index contributed by atoms with van der Waals surface area (Å²) in [6.45, 7) is 0.830. The Balaban J connectivity index is 1.45. The standard InChI is InChI=1S/C16H18N2O6/c1-17(9-16(21)24-18-14(19)4-5-15(18)20)7-6-11-2-3-12-13(8-11)23-10-22-12/h2-3,8H,4-7,9-10H2,1H3. The van der Waals surface area contributed by atoms with Crippen molar-refractivity contribution in [3.8, 4) is 11.5 Å². The van der Waals surface area contributed by atoms with E-state index in [1.807, 2.05) is 18.2 Å². The Morgan fingerprint density at radius 3 is 2.67 bits per heavy atom. The second-order valence-electron chi connectivity index (χ2n) is 5.72. The van der Waals surface area contributed by atoms with Crippen molar-refractivity contribution in [3.63, 3.8) is 0 Å². The van der Waals surface area contributed by atoms with Gasteiger partial charge in [0.15, 0.2) is 11.5 Å². The van der Waals surface area contributed by atoms with Crippen LogP contribution in [0.3, 0.4) is 0 Å². The van der Waals surface area contributed by atoms with Crippen LogP contribution < -0.4 is 9.47 Å². The summed E-state index contributed by atoms with van der Waals surface area (Å²) in [5, 5.41) is 0.564. The van der Waals surface area contributed by atoms with E-state index >= 15 is 0 Å². The van der Waals surface area contributed by atoms with Crippen LogP contribution in [-0.2, 0) is 25.6 Å². The molecule has 24 heavy (non-hydrogen) atoms. The van der Waals surface area contributed by atoms with E-state index in [4.69, 9.17) is 14.3 Å². The number of fused-ring (bicyclic) bond motifs is 1. The fourth-order valence-corrected chi connectivity index (χ4v) is 2.50. The highest BCUT2D eigenvalue weighted by atomic mass is 16.7. The number of hydrogen-bond donors (Lipinski definition) is 0. The molecule has 2 aliphatic rings. The summed E-state index contributed by atoms with van der Waals surface area (Å²) in [6, 6.07) is 5.72. The van der Waals surface area contributed by atoms with E-state index in [1.54, 1.807) is 11.9 Å². The largest absolute Gasteiger partial charge is 0.454 e. The zero-order valence-electron chi connectivity index (χ0n) is 13.3. The predicted octanol–water partition coefficient (Wildman–Crippen LogP) is 0.497. The molecule has 3 rings (SSSR count). The van der Waals surface area contributed by atoms with Gasteiger partial charge in [-0.3, -0.25) is 14.5 Å². The van der Waals surface area contributed by atoms with Crippen molar-refractivity contribution in [1.82, 2.24) is 9.96 Å². The van der Waals surface area contributed by atoms with Gasteiger partial charge in [-0.25, -0.2) is 4.79 Å². The lowest BCUT2D eigenvalue weighted by Gasteiger charge is -2.18. The molecule has 8 nitrogen and oxygen atoms in total. The zero-order chi connectivity index (χ0) is 17.1. The molecule has 1 fully saturated rings. The van der Waals surface area contributed by atoms with Crippen molar-refractivity contribution in [2.24, 2.45) is 0 Å². The number of hydrogen-bond acceptors (Lipinski definition) is 7. The summed E-state index contributed by atoms with van der Waals surface area (Å²) in [5.41, 5.74) is 1.06. The molecule has 8 heteroatoms.